The van der Waals surface area contributed by atoms with Crippen molar-refractivity contribution in [3.63, 3.8) is 0 Å². The molecule has 0 unspecified atom stereocenters. The number of amides is 1. The number of benzene rings is 1. The summed E-state index contributed by atoms with van der Waals surface area (Å²) in [7, 11) is 1.76. The Labute approximate surface area is 174 Å². The average Bonchev–Trinajstić information content (AvgIpc) is 3.30. The SMILES string of the molecule is CCCc1cc(CN(C)C(=O)c2ccc3c(c2)[nH]c(=O)n3C2CCC(O)CC2)[nH]n1. The van der Waals surface area contributed by atoms with Gasteiger partial charge in [-0.2, -0.15) is 5.10 Å². The van der Waals surface area contributed by atoms with Crippen LogP contribution in [0.2, 0.25) is 0 Å². The molecule has 2 aromatic heterocycles. The molecule has 4 rings (SSSR count). The number of carbonyl (C=O) groups is 1. The zero-order chi connectivity index (χ0) is 21.3. The summed E-state index contributed by atoms with van der Waals surface area (Å²) in [5, 5.41) is 17.0. The van der Waals surface area contributed by atoms with Gasteiger partial charge in [0.25, 0.3) is 5.91 Å². The first-order valence-corrected chi connectivity index (χ1v) is 10.7. The first kappa shape index (κ1) is 20.4. The molecule has 3 N–H and O–H groups in total. The second kappa shape index (κ2) is 8.47. The van der Waals surface area contributed by atoms with E-state index in [-0.39, 0.29) is 23.7 Å². The van der Waals surface area contributed by atoms with Crippen LogP contribution < -0.4 is 5.69 Å². The molecule has 0 bridgehead atoms. The van der Waals surface area contributed by atoms with Crippen molar-refractivity contribution in [3.05, 3.63) is 51.7 Å². The van der Waals surface area contributed by atoms with Crippen molar-refractivity contribution >= 4 is 16.9 Å². The van der Waals surface area contributed by atoms with E-state index in [2.05, 4.69) is 22.1 Å². The van der Waals surface area contributed by atoms with Gasteiger partial charge in [0, 0.05) is 18.7 Å². The standard InChI is InChI=1S/C22H29N5O3/c1-3-4-15-12-16(25-24-15)13-26(2)21(29)14-5-10-20-19(11-14)23-22(30)27(20)17-6-8-18(28)9-7-17/h5,10-12,17-18,28H,3-4,6-9,13H2,1-2H3,(H,23,30)(H,24,25). The van der Waals surface area contributed by atoms with Gasteiger partial charge in [0.2, 0.25) is 0 Å². The number of aromatic amines is 2. The number of fused-ring (bicyclic) bond motifs is 1. The number of aryl methyl sites for hydroxylation is 1. The molecule has 8 nitrogen and oxygen atoms in total. The third-order valence-electron chi connectivity index (χ3n) is 5.94. The van der Waals surface area contributed by atoms with Gasteiger partial charge < -0.3 is 15.0 Å². The Balaban J connectivity index is 1.52. The van der Waals surface area contributed by atoms with Gasteiger partial charge in [-0.25, -0.2) is 4.79 Å². The van der Waals surface area contributed by atoms with Crippen molar-refractivity contribution in [2.24, 2.45) is 0 Å². The van der Waals surface area contributed by atoms with Crippen LogP contribution in [0.4, 0.5) is 0 Å². The highest BCUT2D eigenvalue weighted by Gasteiger charge is 2.24. The molecule has 0 radical (unpaired) electrons. The summed E-state index contributed by atoms with van der Waals surface area (Å²) in [6.07, 6.45) is 4.64. The Kier molecular flexibility index (Phi) is 5.76. The third kappa shape index (κ3) is 4.05. The highest BCUT2D eigenvalue weighted by atomic mass is 16.3. The summed E-state index contributed by atoms with van der Waals surface area (Å²) >= 11 is 0. The van der Waals surface area contributed by atoms with Crippen LogP contribution in [0, 0.1) is 0 Å². The molecule has 1 aliphatic carbocycles. The van der Waals surface area contributed by atoms with Crippen molar-refractivity contribution in [2.75, 3.05) is 7.05 Å². The van der Waals surface area contributed by atoms with Crippen molar-refractivity contribution < 1.29 is 9.90 Å². The summed E-state index contributed by atoms with van der Waals surface area (Å²) in [5.41, 5.74) is 3.74. The number of aliphatic hydroxyl groups excluding tert-OH is 1. The van der Waals surface area contributed by atoms with Crippen LogP contribution in [0.15, 0.2) is 29.1 Å². The fraction of sp³-hybridized carbons (Fsp3) is 0.500. The maximum Gasteiger partial charge on any atom is 0.326 e. The van der Waals surface area contributed by atoms with Crippen LogP contribution in [0.5, 0.6) is 0 Å². The molecule has 0 spiro atoms. The van der Waals surface area contributed by atoms with Gasteiger partial charge in [-0.05, 0) is 56.4 Å². The zero-order valence-electron chi connectivity index (χ0n) is 17.5. The molecule has 160 valence electrons. The van der Waals surface area contributed by atoms with E-state index < -0.39 is 0 Å². The normalized spacial score (nSPS) is 19.3. The second-order valence-electron chi connectivity index (χ2n) is 8.29. The Morgan fingerprint density at radius 1 is 1.27 bits per heavy atom. The maximum absolute atomic E-state index is 12.9. The van der Waals surface area contributed by atoms with Crippen molar-refractivity contribution in [2.45, 2.75) is 64.1 Å². The predicted molar refractivity (Wildman–Crippen MR) is 114 cm³/mol. The molecular formula is C22H29N5O3. The lowest BCUT2D eigenvalue weighted by Gasteiger charge is -2.26. The summed E-state index contributed by atoms with van der Waals surface area (Å²) < 4.78 is 1.78. The first-order chi connectivity index (χ1) is 14.5. The fourth-order valence-electron chi connectivity index (χ4n) is 4.37. The van der Waals surface area contributed by atoms with Gasteiger partial charge in [-0.3, -0.25) is 14.5 Å². The largest absolute Gasteiger partial charge is 0.393 e. The molecule has 0 saturated heterocycles. The lowest BCUT2D eigenvalue weighted by molar-refractivity contribution is 0.0783. The van der Waals surface area contributed by atoms with Crippen LogP contribution in [0.3, 0.4) is 0 Å². The van der Waals surface area contributed by atoms with Crippen molar-refractivity contribution in [3.8, 4) is 0 Å². The Bertz CT molecular complexity index is 1090. The van der Waals surface area contributed by atoms with Gasteiger partial charge in [0.15, 0.2) is 0 Å². The van der Waals surface area contributed by atoms with Crippen LogP contribution in [-0.4, -0.2) is 48.8 Å². The van der Waals surface area contributed by atoms with E-state index in [0.717, 1.165) is 42.6 Å². The van der Waals surface area contributed by atoms with E-state index in [4.69, 9.17) is 0 Å². The van der Waals surface area contributed by atoms with E-state index in [1.165, 1.54) is 0 Å². The molecule has 3 aromatic rings. The number of hydrogen-bond donors (Lipinski definition) is 3. The number of carbonyl (C=O) groups excluding carboxylic acids is 1. The molecule has 1 saturated carbocycles. The molecule has 1 fully saturated rings. The summed E-state index contributed by atoms with van der Waals surface area (Å²) in [4.78, 5) is 30.0. The minimum atomic E-state index is -0.269. The molecule has 0 atom stereocenters. The Morgan fingerprint density at radius 2 is 2.03 bits per heavy atom. The minimum absolute atomic E-state index is 0.0802. The lowest BCUT2D eigenvalue weighted by atomic mass is 9.93. The molecule has 8 heteroatoms. The van der Waals surface area contributed by atoms with E-state index >= 15 is 0 Å². The number of aliphatic hydroxyl groups is 1. The molecule has 2 heterocycles. The molecule has 1 aliphatic rings. The molecule has 0 aliphatic heterocycles. The molecular weight excluding hydrogens is 382 g/mol. The van der Waals surface area contributed by atoms with E-state index in [1.807, 2.05) is 12.1 Å². The third-order valence-corrected chi connectivity index (χ3v) is 5.94. The molecule has 1 amide bonds. The van der Waals surface area contributed by atoms with Crippen LogP contribution in [-0.2, 0) is 13.0 Å². The molecule has 1 aromatic carbocycles. The van der Waals surface area contributed by atoms with Crippen LogP contribution >= 0.6 is 0 Å². The number of rotatable bonds is 6. The van der Waals surface area contributed by atoms with E-state index in [1.54, 1.807) is 28.6 Å². The van der Waals surface area contributed by atoms with Gasteiger partial charge in [0.05, 0.1) is 35.1 Å². The van der Waals surface area contributed by atoms with Gasteiger partial charge in [-0.1, -0.05) is 13.3 Å². The fourth-order valence-corrected chi connectivity index (χ4v) is 4.37. The Morgan fingerprint density at radius 3 is 2.77 bits per heavy atom. The number of hydrogen-bond acceptors (Lipinski definition) is 4. The van der Waals surface area contributed by atoms with Crippen LogP contribution in [0.25, 0.3) is 11.0 Å². The van der Waals surface area contributed by atoms with Gasteiger partial charge >= 0.3 is 5.69 Å². The number of aromatic nitrogens is 4. The highest BCUT2D eigenvalue weighted by molar-refractivity contribution is 5.97. The Hall–Kier alpha value is -2.87. The number of imidazole rings is 1. The summed E-state index contributed by atoms with van der Waals surface area (Å²) in [6.45, 7) is 2.55. The number of nitrogens with zero attached hydrogens (tertiary/aromatic N) is 3. The zero-order valence-corrected chi connectivity index (χ0v) is 17.5. The monoisotopic (exact) mass is 411 g/mol. The summed E-state index contributed by atoms with van der Waals surface area (Å²) in [5.74, 6) is -0.113. The maximum atomic E-state index is 12.9. The molecule has 30 heavy (non-hydrogen) atoms. The number of nitrogens with one attached hydrogen (secondary N) is 2. The average molecular weight is 412 g/mol. The first-order valence-electron chi connectivity index (χ1n) is 10.7. The van der Waals surface area contributed by atoms with Crippen LogP contribution in [0.1, 0.15) is 66.8 Å². The smallest absolute Gasteiger partial charge is 0.326 e. The number of H-pyrrole nitrogens is 2. The van der Waals surface area contributed by atoms with Crippen molar-refractivity contribution in [1.82, 2.24) is 24.6 Å². The minimum Gasteiger partial charge on any atom is -0.393 e. The topological polar surface area (TPSA) is 107 Å². The van der Waals surface area contributed by atoms with Gasteiger partial charge in [0.1, 0.15) is 0 Å². The predicted octanol–water partition coefficient (Wildman–Crippen LogP) is 2.75. The van der Waals surface area contributed by atoms with E-state index in [9.17, 15) is 14.7 Å². The van der Waals surface area contributed by atoms with Crippen molar-refractivity contribution in [1.29, 1.82) is 0 Å². The summed E-state index contributed by atoms with van der Waals surface area (Å²) in [6, 6.07) is 7.44. The highest BCUT2D eigenvalue weighted by Crippen LogP contribution is 2.30. The quantitative estimate of drug-likeness (QED) is 0.580. The van der Waals surface area contributed by atoms with E-state index in [0.29, 0.717) is 30.5 Å². The second-order valence-corrected chi connectivity index (χ2v) is 8.29. The lowest BCUT2D eigenvalue weighted by Crippen LogP contribution is -2.27. The van der Waals surface area contributed by atoms with Gasteiger partial charge in [-0.15, -0.1) is 0 Å².